The van der Waals surface area contributed by atoms with Gasteiger partial charge in [-0.1, -0.05) is 68.4 Å². The van der Waals surface area contributed by atoms with E-state index in [2.05, 4.69) is 119 Å². The number of halogens is 1. The van der Waals surface area contributed by atoms with E-state index >= 15 is 0 Å². The fourth-order valence-corrected chi connectivity index (χ4v) is 9.94. The molecule has 1 nitrogen and oxygen atoms in total. The van der Waals surface area contributed by atoms with Gasteiger partial charge in [-0.05, 0) is 90.9 Å². The molecule has 4 aromatic rings. The Labute approximate surface area is 218 Å². The molecule has 35 heavy (non-hydrogen) atoms. The van der Waals surface area contributed by atoms with Gasteiger partial charge in [-0.15, -0.1) is 0 Å². The van der Waals surface area contributed by atoms with Crippen LogP contribution in [0.4, 0.5) is 0 Å². The molecule has 0 fully saturated rings. The van der Waals surface area contributed by atoms with Crippen molar-refractivity contribution in [1.82, 2.24) is 0 Å². The van der Waals surface area contributed by atoms with Gasteiger partial charge in [0.05, 0.1) is 13.3 Å². The van der Waals surface area contributed by atoms with Crippen molar-refractivity contribution in [3.05, 3.63) is 119 Å². The molecule has 0 amide bonds. The first-order valence-corrected chi connectivity index (χ1v) is 14.3. The van der Waals surface area contributed by atoms with E-state index in [4.69, 9.17) is 4.74 Å². The van der Waals surface area contributed by atoms with Crippen molar-refractivity contribution in [2.75, 3.05) is 7.11 Å². The molecule has 0 unspecified atom stereocenters. The molecule has 0 aliphatic rings. The van der Waals surface area contributed by atoms with Crippen molar-refractivity contribution in [2.45, 2.75) is 46.7 Å². The molecule has 0 spiro atoms. The Kier molecular flexibility index (Phi) is 9.17. The van der Waals surface area contributed by atoms with Gasteiger partial charge < -0.3 is 17.1 Å². The Morgan fingerprint density at radius 2 is 0.914 bits per heavy atom. The molecule has 182 valence electrons. The lowest BCUT2D eigenvalue weighted by atomic mass is 9.90. The summed E-state index contributed by atoms with van der Waals surface area (Å²) in [6.07, 6.45) is 2.96. The van der Waals surface area contributed by atoms with Gasteiger partial charge in [-0.3, -0.25) is 0 Å². The minimum absolute atomic E-state index is 0. The van der Waals surface area contributed by atoms with Crippen molar-refractivity contribution in [3.8, 4) is 5.75 Å². The highest BCUT2D eigenvalue weighted by Gasteiger charge is 2.46. The van der Waals surface area contributed by atoms with E-state index in [9.17, 15) is 0 Å². The molecule has 3 heteroatoms. The maximum absolute atomic E-state index is 5.97. The number of hydrogen-bond donors (Lipinski definition) is 0. The Hall–Kier alpha value is -2.60. The number of hydrogen-bond acceptors (Lipinski definition) is 1. The van der Waals surface area contributed by atoms with Gasteiger partial charge in [0, 0.05) is 0 Å². The Bertz CT molecular complexity index is 1110. The summed E-state index contributed by atoms with van der Waals surface area (Å²) in [5.41, 5.74) is 6.97. The van der Waals surface area contributed by atoms with E-state index in [1.54, 1.807) is 0 Å². The molecule has 0 aromatic heterocycles. The van der Waals surface area contributed by atoms with Crippen LogP contribution in [-0.2, 0) is 19.0 Å². The molecular weight excluding hydrogens is 467 g/mol. The third kappa shape index (κ3) is 4.90. The van der Waals surface area contributed by atoms with Gasteiger partial charge in [0.25, 0.3) is 0 Å². The average Bonchev–Trinajstić information content (AvgIpc) is 2.90. The van der Waals surface area contributed by atoms with Gasteiger partial charge in [-0.25, -0.2) is 0 Å². The van der Waals surface area contributed by atoms with Gasteiger partial charge in [0.1, 0.15) is 28.9 Å². The molecule has 0 atom stereocenters. The maximum Gasteiger partial charge on any atom is 0.125 e. The van der Waals surface area contributed by atoms with E-state index < -0.39 is 7.26 Å². The van der Waals surface area contributed by atoms with Crippen molar-refractivity contribution >= 4 is 23.2 Å². The van der Waals surface area contributed by atoms with E-state index in [0.29, 0.717) is 0 Å². The molecule has 0 aliphatic heterocycles. The molecule has 0 saturated carbocycles. The first-order chi connectivity index (χ1) is 16.6. The van der Waals surface area contributed by atoms with Gasteiger partial charge in [0.2, 0.25) is 0 Å². The Morgan fingerprint density at radius 1 is 0.571 bits per heavy atom. The lowest BCUT2D eigenvalue weighted by Crippen LogP contribution is -3.00. The van der Waals surface area contributed by atoms with E-state index in [-0.39, 0.29) is 12.4 Å². The number of rotatable bonds is 8. The van der Waals surface area contributed by atoms with Crippen LogP contribution < -0.4 is 33.1 Å². The second kappa shape index (κ2) is 11.9. The van der Waals surface area contributed by atoms with Gasteiger partial charge >= 0.3 is 0 Å². The highest BCUT2D eigenvalue weighted by molar-refractivity contribution is 7.95. The lowest BCUT2D eigenvalue weighted by Gasteiger charge is -2.30. The number of methoxy groups -OCH3 is 1. The molecular formula is C32H36ClOP. The molecule has 0 heterocycles. The molecule has 0 N–H and O–H groups in total. The van der Waals surface area contributed by atoms with Crippen molar-refractivity contribution in [2.24, 2.45) is 0 Å². The first kappa shape index (κ1) is 27.0. The van der Waals surface area contributed by atoms with Gasteiger partial charge in [-0.2, -0.15) is 0 Å². The highest BCUT2D eigenvalue weighted by Crippen LogP contribution is 2.59. The minimum Gasteiger partial charge on any atom is -1.00 e. The zero-order valence-electron chi connectivity index (χ0n) is 21.5. The van der Waals surface area contributed by atoms with Crippen LogP contribution >= 0.6 is 7.26 Å². The Balaban J connectivity index is 0.00000342. The zero-order valence-corrected chi connectivity index (χ0v) is 23.2. The first-order valence-electron chi connectivity index (χ1n) is 12.3. The van der Waals surface area contributed by atoms with Crippen LogP contribution in [0.5, 0.6) is 5.75 Å². The molecule has 0 bridgehead atoms. The fourth-order valence-electron chi connectivity index (χ4n) is 5.51. The van der Waals surface area contributed by atoms with Crippen LogP contribution in [0.3, 0.4) is 0 Å². The van der Waals surface area contributed by atoms with Crippen LogP contribution in [0.1, 0.15) is 41.7 Å². The number of benzene rings is 4. The summed E-state index contributed by atoms with van der Waals surface area (Å²) in [6, 6.07) is 33.6. The zero-order chi connectivity index (χ0) is 24.1. The lowest BCUT2D eigenvalue weighted by molar-refractivity contribution is -0.00000722. The van der Waals surface area contributed by atoms with E-state index in [1.165, 1.54) is 43.7 Å². The summed E-state index contributed by atoms with van der Waals surface area (Å²) in [4.78, 5) is 0. The summed E-state index contributed by atoms with van der Waals surface area (Å²) in [7, 11) is -0.133. The third-order valence-electron chi connectivity index (χ3n) is 7.26. The van der Waals surface area contributed by atoms with Crippen molar-refractivity contribution in [3.63, 3.8) is 0 Å². The van der Waals surface area contributed by atoms with Crippen LogP contribution in [-0.4, -0.2) is 7.11 Å². The van der Waals surface area contributed by atoms with E-state index in [1.807, 2.05) is 7.11 Å². The molecule has 4 rings (SSSR count). The second-order valence-electron chi connectivity index (χ2n) is 8.90. The van der Waals surface area contributed by atoms with Crippen molar-refractivity contribution < 1.29 is 17.1 Å². The standard InChI is InChI=1S/C32H36OP.ClH/c1-6-29-24(3)31(25(4)30(7-2)32(29)33-5)23-34(26-17-11-8-12-18-26,27-19-13-9-14-20-27)28-21-15-10-16-22-28;/h8-22H,6-7,23H2,1-5H3;1H/q+1;/p-1. The largest absolute Gasteiger partial charge is 1.00 e. The maximum atomic E-state index is 5.97. The van der Waals surface area contributed by atoms with Gasteiger partial charge in [0.15, 0.2) is 0 Å². The predicted molar refractivity (Wildman–Crippen MR) is 150 cm³/mol. The number of ether oxygens (including phenoxy) is 1. The molecule has 0 aliphatic carbocycles. The normalized spacial score (nSPS) is 11.1. The molecule has 4 aromatic carbocycles. The Morgan fingerprint density at radius 3 is 1.20 bits per heavy atom. The summed E-state index contributed by atoms with van der Waals surface area (Å²) in [5.74, 6) is 1.09. The highest BCUT2D eigenvalue weighted by atomic mass is 35.5. The van der Waals surface area contributed by atoms with Crippen LogP contribution in [0.25, 0.3) is 0 Å². The van der Waals surface area contributed by atoms with Crippen LogP contribution in [0.15, 0.2) is 91.0 Å². The summed E-state index contributed by atoms with van der Waals surface area (Å²) >= 11 is 0. The topological polar surface area (TPSA) is 9.23 Å². The summed E-state index contributed by atoms with van der Waals surface area (Å²) < 4.78 is 5.97. The monoisotopic (exact) mass is 502 g/mol. The molecule has 0 radical (unpaired) electrons. The molecule has 0 saturated heterocycles. The minimum atomic E-state index is -1.95. The fraction of sp³-hybridized carbons (Fsp3) is 0.250. The van der Waals surface area contributed by atoms with Crippen molar-refractivity contribution in [1.29, 1.82) is 0 Å². The van der Waals surface area contributed by atoms with Crippen LogP contribution in [0, 0.1) is 13.8 Å². The SMILES string of the molecule is CCc1c(C)c(C[P+](c2ccccc2)(c2ccccc2)c2ccccc2)c(C)c(CC)c1OC.[Cl-]. The summed E-state index contributed by atoms with van der Waals surface area (Å²) in [5, 5.41) is 4.29. The smallest absolute Gasteiger partial charge is 0.125 e. The quantitative estimate of drug-likeness (QED) is 0.332. The second-order valence-corrected chi connectivity index (χ2v) is 12.4. The van der Waals surface area contributed by atoms with E-state index in [0.717, 1.165) is 24.8 Å². The third-order valence-corrected chi connectivity index (χ3v) is 11.6. The average molecular weight is 503 g/mol. The van der Waals surface area contributed by atoms with Crippen LogP contribution in [0.2, 0.25) is 0 Å². The summed E-state index contributed by atoms with van der Waals surface area (Å²) in [6.45, 7) is 9.10. The predicted octanol–water partition coefficient (Wildman–Crippen LogP) is 3.93.